The molecule has 3 N–H and O–H groups in total. The Kier molecular flexibility index (Phi) is 3.85. The van der Waals surface area contributed by atoms with Crippen LogP contribution >= 0.6 is 0 Å². The number of carbonyl (C=O) groups is 1. The summed E-state index contributed by atoms with van der Waals surface area (Å²) >= 11 is 0. The highest BCUT2D eigenvalue weighted by atomic mass is 16.2. The first-order valence-corrected chi connectivity index (χ1v) is 6.51. The quantitative estimate of drug-likeness (QED) is 0.500. The molecule has 102 valence electrons. The zero-order valence-electron chi connectivity index (χ0n) is 11.6. The molecular weight excluding hydrogens is 240 g/mol. The van der Waals surface area contributed by atoms with Crippen molar-refractivity contribution in [3.63, 3.8) is 0 Å². The number of nitrogens with zero attached hydrogens (tertiary/aromatic N) is 2. The Morgan fingerprint density at radius 3 is 2.68 bits per heavy atom. The number of nitrogens with one attached hydrogen (secondary N) is 1. The van der Waals surface area contributed by atoms with Gasteiger partial charge in [-0.3, -0.25) is 10.2 Å². The van der Waals surface area contributed by atoms with E-state index in [1.807, 2.05) is 35.8 Å². The number of benzene rings is 1. The molecule has 1 atom stereocenters. The lowest BCUT2D eigenvalue weighted by Gasteiger charge is -2.16. The molecular formula is C14H20N4O. The van der Waals surface area contributed by atoms with Gasteiger partial charge in [-0.05, 0) is 25.0 Å². The van der Waals surface area contributed by atoms with Crippen molar-refractivity contribution in [2.45, 2.75) is 33.2 Å². The van der Waals surface area contributed by atoms with E-state index in [-0.39, 0.29) is 11.9 Å². The highest BCUT2D eigenvalue weighted by Crippen LogP contribution is 2.23. The van der Waals surface area contributed by atoms with Gasteiger partial charge in [0.05, 0.1) is 11.0 Å². The summed E-state index contributed by atoms with van der Waals surface area (Å²) < 4.78 is 1.97. The Labute approximate surface area is 112 Å². The van der Waals surface area contributed by atoms with Crippen LogP contribution in [-0.4, -0.2) is 15.5 Å². The van der Waals surface area contributed by atoms with Gasteiger partial charge in [-0.2, -0.15) is 0 Å². The molecule has 19 heavy (non-hydrogen) atoms. The first-order chi connectivity index (χ1) is 9.04. The summed E-state index contributed by atoms with van der Waals surface area (Å²) in [6.45, 7) is 6.11. The third-order valence-electron chi connectivity index (χ3n) is 3.17. The minimum Gasteiger partial charge on any atom is -0.316 e. The summed E-state index contributed by atoms with van der Waals surface area (Å²) in [6.07, 6.45) is 0.830. The molecule has 0 fully saturated rings. The van der Waals surface area contributed by atoms with Crippen molar-refractivity contribution in [3.05, 3.63) is 30.1 Å². The van der Waals surface area contributed by atoms with Gasteiger partial charge in [-0.25, -0.2) is 10.8 Å². The minimum absolute atomic E-state index is 0.215. The molecule has 5 heteroatoms. The van der Waals surface area contributed by atoms with Crippen molar-refractivity contribution < 1.29 is 4.79 Å². The zero-order chi connectivity index (χ0) is 14.0. The normalized spacial score (nSPS) is 12.9. The molecule has 0 aliphatic carbocycles. The standard InChI is InChI=1S/C14H20N4O/c1-9(2)8-13-16-11-6-4-5-7-12(11)18(13)10(3)14(19)17-15/h4-7,9-10H,8,15H2,1-3H3,(H,17,19). The number of carbonyl (C=O) groups excluding carboxylic acids is 1. The number of rotatable bonds is 4. The third kappa shape index (κ3) is 2.61. The predicted molar refractivity (Wildman–Crippen MR) is 75.3 cm³/mol. The molecule has 5 nitrogen and oxygen atoms in total. The van der Waals surface area contributed by atoms with E-state index < -0.39 is 0 Å². The second-order valence-electron chi connectivity index (χ2n) is 5.17. The molecule has 0 saturated carbocycles. The predicted octanol–water partition coefficient (Wildman–Crippen LogP) is 1.79. The van der Waals surface area contributed by atoms with Gasteiger partial charge >= 0.3 is 0 Å². The minimum atomic E-state index is -0.369. The SMILES string of the molecule is CC(C)Cc1nc2ccccc2n1C(C)C(=O)NN. The van der Waals surface area contributed by atoms with E-state index in [9.17, 15) is 4.79 Å². The van der Waals surface area contributed by atoms with Crippen LogP contribution in [0.3, 0.4) is 0 Å². The zero-order valence-corrected chi connectivity index (χ0v) is 11.6. The molecule has 1 amide bonds. The van der Waals surface area contributed by atoms with Crippen molar-refractivity contribution in [1.82, 2.24) is 15.0 Å². The number of hydrazine groups is 1. The number of para-hydroxylation sites is 2. The highest BCUT2D eigenvalue weighted by molar-refractivity contribution is 5.83. The number of amides is 1. The van der Waals surface area contributed by atoms with Crippen LogP contribution in [0.2, 0.25) is 0 Å². The van der Waals surface area contributed by atoms with Gasteiger partial charge in [0.2, 0.25) is 0 Å². The van der Waals surface area contributed by atoms with Crippen LogP contribution in [0.1, 0.15) is 32.6 Å². The maximum absolute atomic E-state index is 11.8. The lowest BCUT2D eigenvalue weighted by Crippen LogP contribution is -2.36. The van der Waals surface area contributed by atoms with Gasteiger partial charge < -0.3 is 4.57 Å². The molecule has 0 aliphatic rings. The second-order valence-corrected chi connectivity index (χ2v) is 5.17. The molecule has 0 radical (unpaired) electrons. The van der Waals surface area contributed by atoms with Crippen molar-refractivity contribution in [2.75, 3.05) is 0 Å². The van der Waals surface area contributed by atoms with E-state index in [0.29, 0.717) is 5.92 Å². The first kappa shape index (κ1) is 13.5. The summed E-state index contributed by atoms with van der Waals surface area (Å²) in [5.41, 5.74) is 4.09. The van der Waals surface area contributed by atoms with E-state index in [4.69, 9.17) is 5.84 Å². The maximum atomic E-state index is 11.8. The lowest BCUT2D eigenvalue weighted by molar-refractivity contribution is -0.123. The molecule has 1 aromatic carbocycles. The Balaban J connectivity index is 2.57. The number of hydrogen-bond acceptors (Lipinski definition) is 3. The van der Waals surface area contributed by atoms with Crippen molar-refractivity contribution in [2.24, 2.45) is 11.8 Å². The number of fused-ring (bicyclic) bond motifs is 1. The van der Waals surface area contributed by atoms with E-state index >= 15 is 0 Å². The lowest BCUT2D eigenvalue weighted by atomic mass is 10.1. The number of aromatic nitrogens is 2. The van der Waals surface area contributed by atoms with Gasteiger partial charge in [0.1, 0.15) is 11.9 Å². The summed E-state index contributed by atoms with van der Waals surface area (Å²) in [6, 6.07) is 7.47. The van der Waals surface area contributed by atoms with Crippen molar-refractivity contribution >= 4 is 16.9 Å². The van der Waals surface area contributed by atoms with E-state index in [2.05, 4.69) is 24.3 Å². The van der Waals surface area contributed by atoms with Crippen LogP contribution in [0.5, 0.6) is 0 Å². The number of imidazole rings is 1. The van der Waals surface area contributed by atoms with E-state index in [0.717, 1.165) is 23.3 Å². The van der Waals surface area contributed by atoms with Crippen LogP contribution in [0, 0.1) is 5.92 Å². The van der Waals surface area contributed by atoms with Gasteiger partial charge in [0.25, 0.3) is 5.91 Å². The Morgan fingerprint density at radius 2 is 2.05 bits per heavy atom. The largest absolute Gasteiger partial charge is 0.316 e. The molecule has 2 aromatic rings. The Bertz CT molecular complexity index is 588. The fourth-order valence-corrected chi connectivity index (χ4v) is 2.27. The third-order valence-corrected chi connectivity index (χ3v) is 3.17. The van der Waals surface area contributed by atoms with E-state index in [1.54, 1.807) is 0 Å². The molecule has 0 spiro atoms. The molecule has 0 bridgehead atoms. The molecule has 2 rings (SSSR count). The fraction of sp³-hybridized carbons (Fsp3) is 0.429. The van der Waals surface area contributed by atoms with Crippen LogP contribution < -0.4 is 11.3 Å². The fourth-order valence-electron chi connectivity index (χ4n) is 2.27. The number of hydrogen-bond donors (Lipinski definition) is 2. The average Bonchev–Trinajstić information content (AvgIpc) is 2.73. The van der Waals surface area contributed by atoms with Crippen molar-refractivity contribution in [1.29, 1.82) is 0 Å². The molecule has 1 heterocycles. The van der Waals surface area contributed by atoms with Crippen LogP contribution in [0.15, 0.2) is 24.3 Å². The average molecular weight is 260 g/mol. The Hall–Kier alpha value is -1.88. The van der Waals surface area contributed by atoms with Crippen LogP contribution in [0.4, 0.5) is 0 Å². The van der Waals surface area contributed by atoms with Crippen LogP contribution in [-0.2, 0) is 11.2 Å². The second kappa shape index (κ2) is 5.40. The highest BCUT2D eigenvalue weighted by Gasteiger charge is 2.21. The summed E-state index contributed by atoms with van der Waals surface area (Å²) in [4.78, 5) is 16.4. The number of nitrogens with two attached hydrogens (primary N) is 1. The van der Waals surface area contributed by atoms with Gasteiger partial charge in [0.15, 0.2) is 0 Å². The summed E-state index contributed by atoms with van der Waals surface area (Å²) in [7, 11) is 0. The Morgan fingerprint density at radius 1 is 1.37 bits per heavy atom. The van der Waals surface area contributed by atoms with Gasteiger partial charge in [-0.15, -0.1) is 0 Å². The van der Waals surface area contributed by atoms with Crippen LogP contribution in [0.25, 0.3) is 11.0 Å². The molecule has 0 saturated heterocycles. The van der Waals surface area contributed by atoms with Gasteiger partial charge in [-0.1, -0.05) is 26.0 Å². The topological polar surface area (TPSA) is 72.9 Å². The van der Waals surface area contributed by atoms with Gasteiger partial charge in [0, 0.05) is 6.42 Å². The molecule has 0 aliphatic heterocycles. The molecule has 1 aromatic heterocycles. The summed E-state index contributed by atoms with van der Waals surface area (Å²) in [5, 5.41) is 0. The smallest absolute Gasteiger partial charge is 0.256 e. The van der Waals surface area contributed by atoms with E-state index in [1.165, 1.54) is 0 Å². The monoisotopic (exact) mass is 260 g/mol. The van der Waals surface area contributed by atoms with Crippen molar-refractivity contribution in [3.8, 4) is 0 Å². The maximum Gasteiger partial charge on any atom is 0.256 e. The first-order valence-electron chi connectivity index (χ1n) is 6.51. The molecule has 1 unspecified atom stereocenters. The summed E-state index contributed by atoms with van der Waals surface area (Å²) in [5.74, 6) is 6.43.